The van der Waals surface area contributed by atoms with Gasteiger partial charge < -0.3 is 4.57 Å². The lowest BCUT2D eigenvalue weighted by Gasteiger charge is -2.07. The number of carbonyl (C=O) groups is 1. The maximum Gasteiger partial charge on any atom is 0.264 e. The van der Waals surface area contributed by atoms with Crippen molar-refractivity contribution in [1.29, 1.82) is 0 Å². The van der Waals surface area contributed by atoms with Crippen LogP contribution < -0.4 is 5.56 Å². The molecule has 2 aromatic rings. The Morgan fingerprint density at radius 2 is 1.85 bits per heavy atom. The van der Waals surface area contributed by atoms with Crippen molar-refractivity contribution in [2.24, 2.45) is 0 Å². The van der Waals surface area contributed by atoms with E-state index in [0.29, 0.717) is 10.0 Å². The van der Waals surface area contributed by atoms with Gasteiger partial charge in [-0.2, -0.15) is 0 Å². The Morgan fingerprint density at radius 3 is 2.50 bits per heavy atom. The average Bonchev–Trinajstić information content (AvgIpc) is 2.41. The maximum absolute atomic E-state index is 12.8. The number of hydrogen-bond acceptors (Lipinski definition) is 2. The predicted octanol–water partition coefficient (Wildman–Crippen LogP) is 3.79. The molecule has 0 saturated carbocycles. The smallest absolute Gasteiger partial charge is 0.264 e. The monoisotopic (exact) mass is 401 g/mol. The highest BCUT2D eigenvalue weighted by atomic mass is 79.9. The van der Waals surface area contributed by atoms with Crippen LogP contribution >= 0.6 is 31.9 Å². The molecule has 0 N–H and O–H groups in total. The number of aryl methyl sites for hydroxylation is 1. The van der Waals surface area contributed by atoms with Gasteiger partial charge in [-0.3, -0.25) is 9.59 Å². The Bertz CT molecular complexity index is 695. The highest BCUT2D eigenvalue weighted by Gasteiger charge is 2.08. The first-order valence-electron chi connectivity index (χ1n) is 5.81. The summed E-state index contributed by atoms with van der Waals surface area (Å²) in [6, 6.07) is 7.03. The molecule has 6 heteroatoms. The van der Waals surface area contributed by atoms with Crippen molar-refractivity contribution in [3.8, 4) is 0 Å². The summed E-state index contributed by atoms with van der Waals surface area (Å²) in [6.07, 6.45) is 1.81. The van der Waals surface area contributed by atoms with E-state index in [-0.39, 0.29) is 30.1 Å². The van der Waals surface area contributed by atoms with Gasteiger partial charge in [0.05, 0.1) is 4.47 Å². The normalized spacial score (nSPS) is 10.6. The van der Waals surface area contributed by atoms with Crippen molar-refractivity contribution >= 4 is 37.6 Å². The van der Waals surface area contributed by atoms with Crippen molar-refractivity contribution in [1.82, 2.24) is 4.57 Å². The summed E-state index contributed by atoms with van der Waals surface area (Å²) in [6.45, 7) is 0.271. The van der Waals surface area contributed by atoms with Gasteiger partial charge in [0.2, 0.25) is 0 Å². The number of hydrogen-bond donors (Lipinski definition) is 0. The van der Waals surface area contributed by atoms with E-state index in [4.69, 9.17) is 0 Å². The second-order valence-electron chi connectivity index (χ2n) is 4.18. The zero-order valence-electron chi connectivity index (χ0n) is 10.3. The van der Waals surface area contributed by atoms with Crippen LogP contribution in [0.5, 0.6) is 0 Å². The Hall–Kier alpha value is -1.27. The molecule has 3 nitrogen and oxygen atoms in total. The molecular weight excluding hydrogens is 393 g/mol. The van der Waals surface area contributed by atoms with Crippen LogP contribution in [0.1, 0.15) is 16.8 Å². The van der Waals surface area contributed by atoms with Crippen LogP contribution in [-0.4, -0.2) is 10.4 Å². The Labute approximate surface area is 131 Å². The predicted molar refractivity (Wildman–Crippen MR) is 81.4 cm³/mol. The molecule has 0 amide bonds. The lowest BCUT2D eigenvalue weighted by Crippen LogP contribution is -2.21. The number of halogens is 3. The SMILES string of the molecule is O=C(CCn1cc(Br)cc(Br)c1=O)c1ccc(F)cc1. The molecule has 0 aliphatic carbocycles. The fourth-order valence-corrected chi connectivity index (χ4v) is 2.99. The fourth-order valence-electron chi connectivity index (χ4n) is 1.73. The first kappa shape index (κ1) is 15.1. The first-order valence-corrected chi connectivity index (χ1v) is 7.40. The minimum Gasteiger partial charge on any atom is -0.313 e. The van der Waals surface area contributed by atoms with Crippen molar-refractivity contribution in [3.63, 3.8) is 0 Å². The summed E-state index contributed by atoms with van der Waals surface area (Å²) in [5.74, 6) is -0.512. The van der Waals surface area contributed by atoms with E-state index in [0.717, 1.165) is 4.47 Å². The van der Waals surface area contributed by atoms with Crippen LogP contribution in [-0.2, 0) is 6.54 Å². The van der Waals surface area contributed by atoms with E-state index >= 15 is 0 Å². The van der Waals surface area contributed by atoms with Crippen molar-refractivity contribution in [2.45, 2.75) is 13.0 Å². The van der Waals surface area contributed by atoms with Crippen LogP contribution in [0.3, 0.4) is 0 Å². The van der Waals surface area contributed by atoms with Crippen LogP contribution in [0.25, 0.3) is 0 Å². The Balaban J connectivity index is 2.11. The van der Waals surface area contributed by atoms with E-state index in [9.17, 15) is 14.0 Å². The summed E-state index contributed by atoms with van der Waals surface area (Å²) in [4.78, 5) is 23.8. The lowest BCUT2D eigenvalue weighted by atomic mass is 10.1. The summed E-state index contributed by atoms with van der Waals surface area (Å²) >= 11 is 6.46. The zero-order chi connectivity index (χ0) is 14.7. The molecule has 0 atom stereocenters. The lowest BCUT2D eigenvalue weighted by molar-refractivity contribution is 0.0976. The van der Waals surface area contributed by atoms with E-state index in [1.807, 2.05) is 0 Å². The Morgan fingerprint density at radius 1 is 1.20 bits per heavy atom. The average molecular weight is 403 g/mol. The number of rotatable bonds is 4. The van der Waals surface area contributed by atoms with Gasteiger partial charge in [0.1, 0.15) is 5.82 Å². The maximum atomic E-state index is 12.8. The summed E-state index contributed by atoms with van der Waals surface area (Å²) < 4.78 is 15.4. The quantitative estimate of drug-likeness (QED) is 0.730. The molecule has 0 unspecified atom stereocenters. The molecule has 104 valence electrons. The van der Waals surface area contributed by atoms with Crippen LogP contribution in [0.15, 0.2) is 50.3 Å². The van der Waals surface area contributed by atoms with Crippen LogP contribution in [0, 0.1) is 5.82 Å². The third-order valence-electron chi connectivity index (χ3n) is 2.75. The molecule has 2 rings (SSSR count). The van der Waals surface area contributed by atoms with Crippen molar-refractivity contribution in [3.05, 3.63) is 67.2 Å². The molecule has 0 saturated heterocycles. The second-order valence-corrected chi connectivity index (χ2v) is 5.95. The minimum atomic E-state index is -0.381. The van der Waals surface area contributed by atoms with Gasteiger partial charge in [0, 0.05) is 29.2 Å². The van der Waals surface area contributed by atoms with E-state index in [1.54, 1.807) is 12.3 Å². The number of carbonyl (C=O) groups excluding carboxylic acids is 1. The standard InChI is InChI=1S/C14H10Br2FNO2/c15-10-7-12(16)14(20)18(8-10)6-5-13(19)9-1-3-11(17)4-2-9/h1-4,7-8H,5-6H2. The topological polar surface area (TPSA) is 39.1 Å². The van der Waals surface area contributed by atoms with Crippen molar-refractivity contribution in [2.75, 3.05) is 0 Å². The second kappa shape index (κ2) is 6.45. The minimum absolute atomic E-state index is 0.131. The van der Waals surface area contributed by atoms with Gasteiger partial charge in [-0.05, 0) is 62.2 Å². The number of Topliss-reactive ketones (excluding diaryl/α,β-unsaturated/α-hetero) is 1. The number of pyridine rings is 1. The molecule has 1 aromatic carbocycles. The van der Waals surface area contributed by atoms with E-state index < -0.39 is 0 Å². The summed E-state index contributed by atoms with van der Waals surface area (Å²) in [7, 11) is 0. The number of nitrogens with zero attached hydrogens (tertiary/aromatic N) is 1. The van der Waals surface area contributed by atoms with Gasteiger partial charge in [-0.15, -0.1) is 0 Å². The van der Waals surface area contributed by atoms with Gasteiger partial charge >= 0.3 is 0 Å². The largest absolute Gasteiger partial charge is 0.313 e. The number of benzene rings is 1. The Kier molecular flexibility index (Phi) is 4.88. The van der Waals surface area contributed by atoms with Gasteiger partial charge in [0.15, 0.2) is 5.78 Å². The molecule has 0 bridgehead atoms. The van der Waals surface area contributed by atoms with Gasteiger partial charge in [-0.25, -0.2) is 4.39 Å². The molecular formula is C14H10Br2FNO2. The van der Waals surface area contributed by atoms with Crippen molar-refractivity contribution < 1.29 is 9.18 Å². The highest BCUT2D eigenvalue weighted by Crippen LogP contribution is 2.13. The zero-order valence-corrected chi connectivity index (χ0v) is 13.4. The molecule has 1 aromatic heterocycles. The highest BCUT2D eigenvalue weighted by molar-refractivity contribution is 9.11. The third kappa shape index (κ3) is 3.64. The first-order chi connectivity index (χ1) is 9.47. The third-order valence-corrected chi connectivity index (χ3v) is 3.76. The van der Waals surface area contributed by atoms with Gasteiger partial charge in [0.25, 0.3) is 5.56 Å². The van der Waals surface area contributed by atoms with Crippen LogP contribution in [0.2, 0.25) is 0 Å². The molecule has 0 fully saturated rings. The molecule has 0 radical (unpaired) electrons. The molecule has 0 spiro atoms. The molecule has 1 heterocycles. The summed E-state index contributed by atoms with van der Waals surface area (Å²) in [5, 5.41) is 0. The van der Waals surface area contributed by atoms with Gasteiger partial charge in [-0.1, -0.05) is 0 Å². The summed E-state index contributed by atoms with van der Waals surface area (Å²) in [5.41, 5.74) is 0.244. The molecule has 0 aliphatic rings. The van der Waals surface area contributed by atoms with E-state index in [2.05, 4.69) is 31.9 Å². The number of ketones is 1. The van der Waals surface area contributed by atoms with E-state index in [1.165, 1.54) is 28.8 Å². The number of aromatic nitrogens is 1. The molecule has 0 aliphatic heterocycles. The fraction of sp³-hybridized carbons (Fsp3) is 0.143. The van der Waals surface area contributed by atoms with Crippen LogP contribution in [0.4, 0.5) is 4.39 Å². The molecule has 20 heavy (non-hydrogen) atoms.